The first-order valence-electron chi connectivity index (χ1n) is 6.80. The lowest BCUT2D eigenvalue weighted by Crippen LogP contribution is -2.65. The van der Waals surface area contributed by atoms with E-state index in [1.807, 2.05) is 0 Å². The first-order valence-corrected chi connectivity index (χ1v) is 6.80. The minimum Gasteiger partial charge on any atom is -0.617 e. The zero-order valence-corrected chi connectivity index (χ0v) is 12.3. The van der Waals surface area contributed by atoms with E-state index >= 15 is 0 Å². The van der Waals surface area contributed by atoms with Crippen LogP contribution in [0.1, 0.15) is 19.4 Å². The van der Waals surface area contributed by atoms with Gasteiger partial charge in [-0.1, -0.05) is 44.2 Å². The van der Waals surface area contributed by atoms with Gasteiger partial charge in [0.25, 0.3) is 0 Å². The van der Waals surface area contributed by atoms with Crippen LogP contribution in [0, 0.1) is 45.1 Å². The average Bonchev–Trinajstić information content (AvgIpc) is 2.47. The summed E-state index contributed by atoms with van der Waals surface area (Å²) >= 11 is 0. The first kappa shape index (κ1) is 15.8. The second-order valence-electron chi connectivity index (χ2n) is 6.01. The Morgan fingerprint density at radius 2 is 1.55 bits per heavy atom. The normalized spacial score (nSPS) is 30.4. The molecule has 2 atom stereocenters. The molecule has 2 unspecified atom stereocenters. The highest BCUT2D eigenvalue weighted by Crippen LogP contribution is 2.44. The van der Waals surface area contributed by atoms with Crippen molar-refractivity contribution in [3.8, 4) is 12.1 Å². The summed E-state index contributed by atoms with van der Waals surface area (Å²) in [7, 11) is 0. The molecule has 1 aromatic rings. The molecule has 0 aromatic heterocycles. The molecular formula is C16H15N3O3. The van der Waals surface area contributed by atoms with Gasteiger partial charge < -0.3 is 5.21 Å². The molecule has 2 rings (SSSR count). The van der Waals surface area contributed by atoms with Crippen LogP contribution < -0.4 is 0 Å². The van der Waals surface area contributed by atoms with E-state index in [4.69, 9.17) is 0 Å². The Kier molecular flexibility index (Phi) is 3.85. The Bertz CT molecular complexity index is 662. The van der Waals surface area contributed by atoms with Gasteiger partial charge in [0.1, 0.15) is 6.54 Å². The molecule has 6 heteroatoms. The SMILES string of the molecule is CC1(C)C(C#N)C(=O)[N+]([O-])(Cc2ccccc2)C(=O)C1C#N. The molecule has 0 aliphatic carbocycles. The average molecular weight is 297 g/mol. The number of benzene rings is 1. The van der Waals surface area contributed by atoms with Gasteiger partial charge in [0.05, 0.1) is 12.1 Å². The van der Waals surface area contributed by atoms with Crippen LogP contribution in [0.2, 0.25) is 0 Å². The van der Waals surface area contributed by atoms with Crippen LogP contribution in [-0.4, -0.2) is 16.5 Å². The van der Waals surface area contributed by atoms with Gasteiger partial charge in [-0.25, -0.2) is 14.2 Å². The van der Waals surface area contributed by atoms with Gasteiger partial charge in [0.2, 0.25) is 0 Å². The molecule has 112 valence electrons. The first-order chi connectivity index (χ1) is 10.3. The number of likely N-dealkylation sites (tertiary alicyclic amines) is 1. The van der Waals surface area contributed by atoms with Gasteiger partial charge in [-0.3, -0.25) is 0 Å². The Labute approximate surface area is 128 Å². The smallest absolute Gasteiger partial charge is 0.339 e. The van der Waals surface area contributed by atoms with Crippen molar-refractivity contribution in [2.45, 2.75) is 20.4 Å². The molecule has 2 amide bonds. The number of carbonyl (C=O) groups is 2. The molecule has 0 spiro atoms. The number of carbonyl (C=O) groups excluding carboxylic acids is 2. The number of hydrogen-bond donors (Lipinski definition) is 0. The van der Waals surface area contributed by atoms with Crippen molar-refractivity contribution in [1.82, 2.24) is 0 Å². The van der Waals surface area contributed by atoms with Gasteiger partial charge >= 0.3 is 11.8 Å². The highest BCUT2D eigenvalue weighted by atomic mass is 16.6. The summed E-state index contributed by atoms with van der Waals surface area (Å²) in [6.07, 6.45) is 0. The van der Waals surface area contributed by atoms with Crippen LogP contribution in [0.15, 0.2) is 30.3 Å². The second kappa shape index (κ2) is 5.34. The van der Waals surface area contributed by atoms with Crippen LogP contribution in [0.4, 0.5) is 0 Å². The third-order valence-corrected chi connectivity index (χ3v) is 4.20. The number of imide groups is 1. The molecule has 1 aliphatic heterocycles. The number of hydroxylamine groups is 3. The molecule has 1 aromatic carbocycles. The van der Waals surface area contributed by atoms with Crippen LogP contribution in [0.5, 0.6) is 0 Å². The zero-order chi connectivity index (χ0) is 16.5. The van der Waals surface area contributed by atoms with Crippen LogP contribution in [0.25, 0.3) is 0 Å². The van der Waals surface area contributed by atoms with E-state index in [1.165, 1.54) is 13.8 Å². The summed E-state index contributed by atoms with van der Waals surface area (Å²) in [5.74, 6) is -4.58. The number of hydrogen-bond acceptors (Lipinski definition) is 5. The summed E-state index contributed by atoms with van der Waals surface area (Å²) in [6, 6.07) is 12.0. The van der Waals surface area contributed by atoms with Crippen molar-refractivity contribution in [1.29, 1.82) is 10.5 Å². The lowest BCUT2D eigenvalue weighted by molar-refractivity contribution is -0.749. The number of piperidine rings is 1. The van der Waals surface area contributed by atoms with E-state index in [1.54, 1.807) is 42.5 Å². The lowest BCUT2D eigenvalue weighted by Gasteiger charge is -2.48. The maximum absolute atomic E-state index is 12.9. The summed E-state index contributed by atoms with van der Waals surface area (Å²) < 4.78 is -1.79. The van der Waals surface area contributed by atoms with E-state index in [0.29, 0.717) is 5.56 Å². The minimum absolute atomic E-state index is 0.398. The molecule has 6 nitrogen and oxygen atoms in total. The molecule has 1 fully saturated rings. The fraction of sp³-hybridized carbons (Fsp3) is 0.375. The summed E-state index contributed by atoms with van der Waals surface area (Å²) in [5.41, 5.74) is -0.673. The largest absolute Gasteiger partial charge is 0.617 e. The Morgan fingerprint density at radius 1 is 1.09 bits per heavy atom. The summed E-state index contributed by atoms with van der Waals surface area (Å²) in [5, 5.41) is 31.4. The van der Waals surface area contributed by atoms with Crippen molar-refractivity contribution in [3.05, 3.63) is 41.1 Å². The van der Waals surface area contributed by atoms with Crippen LogP contribution in [-0.2, 0) is 16.1 Å². The summed E-state index contributed by atoms with van der Waals surface area (Å²) in [4.78, 5) is 25.0. The lowest BCUT2D eigenvalue weighted by atomic mass is 9.66. The number of rotatable bonds is 2. The molecule has 1 heterocycles. The third-order valence-electron chi connectivity index (χ3n) is 4.20. The van der Waals surface area contributed by atoms with Crippen molar-refractivity contribution < 1.29 is 14.2 Å². The van der Waals surface area contributed by atoms with Crippen LogP contribution >= 0.6 is 0 Å². The summed E-state index contributed by atoms with van der Waals surface area (Å²) in [6.45, 7) is 2.60. The quantitative estimate of drug-likeness (QED) is 0.471. The van der Waals surface area contributed by atoms with Gasteiger partial charge in [0.15, 0.2) is 11.8 Å². The third kappa shape index (κ3) is 2.19. The number of nitriles is 2. The monoisotopic (exact) mass is 297 g/mol. The molecule has 0 N–H and O–H groups in total. The highest BCUT2D eigenvalue weighted by molar-refractivity contribution is 5.94. The van der Waals surface area contributed by atoms with E-state index in [2.05, 4.69) is 0 Å². The number of amides is 2. The molecule has 1 aliphatic rings. The van der Waals surface area contributed by atoms with E-state index in [9.17, 15) is 25.3 Å². The molecule has 1 saturated heterocycles. The van der Waals surface area contributed by atoms with E-state index < -0.39 is 40.3 Å². The Balaban J connectivity index is 2.51. The van der Waals surface area contributed by atoms with E-state index in [0.717, 1.165) is 0 Å². The minimum atomic E-state index is -1.79. The zero-order valence-electron chi connectivity index (χ0n) is 12.3. The Morgan fingerprint density at radius 3 is 1.95 bits per heavy atom. The van der Waals surface area contributed by atoms with Gasteiger partial charge in [0, 0.05) is 11.0 Å². The maximum Gasteiger partial charge on any atom is 0.339 e. The van der Waals surface area contributed by atoms with Crippen LogP contribution in [0.3, 0.4) is 0 Å². The predicted octanol–water partition coefficient (Wildman–Crippen LogP) is 1.87. The second-order valence-corrected chi connectivity index (χ2v) is 6.01. The molecule has 0 radical (unpaired) electrons. The Hall–Kier alpha value is -2.54. The van der Waals surface area contributed by atoms with Crippen molar-refractivity contribution in [3.63, 3.8) is 0 Å². The molecule has 22 heavy (non-hydrogen) atoms. The maximum atomic E-state index is 12.9. The predicted molar refractivity (Wildman–Crippen MR) is 75.8 cm³/mol. The topological polar surface area (TPSA) is 105 Å². The fourth-order valence-electron chi connectivity index (χ4n) is 2.77. The van der Waals surface area contributed by atoms with E-state index in [-0.39, 0.29) is 0 Å². The van der Waals surface area contributed by atoms with Gasteiger partial charge in [-0.05, 0) is 0 Å². The highest BCUT2D eigenvalue weighted by Gasteiger charge is 2.61. The fourth-order valence-corrected chi connectivity index (χ4v) is 2.77. The molecular weight excluding hydrogens is 282 g/mol. The number of nitrogens with zero attached hydrogens (tertiary/aromatic N) is 3. The van der Waals surface area contributed by atoms with Gasteiger partial charge in [-0.2, -0.15) is 10.5 Å². The molecule has 0 bridgehead atoms. The van der Waals surface area contributed by atoms with Gasteiger partial charge in [-0.15, -0.1) is 0 Å². The standard InChI is InChI=1S/C16H15N3O3/c1-16(2)12(8-17)14(20)19(22,15(21)13(16)9-18)10-11-6-4-3-5-7-11/h3-7,12-13H,10H2,1-2H3. The van der Waals surface area contributed by atoms with Crippen molar-refractivity contribution >= 4 is 11.8 Å². The van der Waals surface area contributed by atoms with Crippen molar-refractivity contribution in [2.75, 3.05) is 0 Å². The molecule has 0 saturated carbocycles. The number of quaternary nitrogens is 1. The van der Waals surface area contributed by atoms with Crippen molar-refractivity contribution in [2.24, 2.45) is 17.3 Å².